The van der Waals surface area contributed by atoms with Crippen LogP contribution in [0.1, 0.15) is 16.8 Å². The number of hydrazone groups is 1. The molecule has 31 heavy (non-hydrogen) atoms. The Morgan fingerprint density at radius 2 is 2.06 bits per heavy atom. The van der Waals surface area contributed by atoms with Crippen LogP contribution in [0.25, 0.3) is 15.9 Å². The zero-order valence-corrected chi connectivity index (χ0v) is 17.4. The monoisotopic (exact) mass is 430 g/mol. The van der Waals surface area contributed by atoms with Crippen LogP contribution < -0.4 is 16.3 Å². The van der Waals surface area contributed by atoms with Crippen LogP contribution in [0.15, 0.2) is 75.3 Å². The third-order valence-corrected chi connectivity index (χ3v) is 5.70. The van der Waals surface area contributed by atoms with Crippen molar-refractivity contribution in [3.63, 3.8) is 0 Å². The van der Waals surface area contributed by atoms with E-state index in [0.29, 0.717) is 34.5 Å². The summed E-state index contributed by atoms with van der Waals surface area (Å²) in [5, 5.41) is 8.07. The molecule has 0 aliphatic carbocycles. The number of hydrogen-bond acceptors (Lipinski definition) is 8. The Labute approximate surface area is 180 Å². The van der Waals surface area contributed by atoms with Crippen LogP contribution in [0.4, 0.5) is 11.0 Å². The Morgan fingerprint density at radius 1 is 1.16 bits per heavy atom. The Bertz CT molecular complexity index is 1420. The molecular weight excluding hydrogens is 412 g/mol. The van der Waals surface area contributed by atoms with Gasteiger partial charge in [0.2, 0.25) is 5.13 Å². The maximum atomic E-state index is 13.2. The van der Waals surface area contributed by atoms with Gasteiger partial charge in [0, 0.05) is 12.3 Å². The highest BCUT2D eigenvalue weighted by molar-refractivity contribution is 7.22. The van der Waals surface area contributed by atoms with E-state index in [1.54, 1.807) is 18.5 Å². The van der Waals surface area contributed by atoms with E-state index in [9.17, 15) is 4.79 Å². The summed E-state index contributed by atoms with van der Waals surface area (Å²) in [5.74, 6) is 0.599. The summed E-state index contributed by atoms with van der Waals surface area (Å²) in [5.41, 5.74) is 6.12. The van der Waals surface area contributed by atoms with Crippen molar-refractivity contribution in [2.24, 2.45) is 5.10 Å². The number of fused-ring (bicyclic) bond motifs is 2. The molecule has 0 fully saturated rings. The third kappa shape index (κ3) is 3.78. The van der Waals surface area contributed by atoms with Gasteiger partial charge in [-0.05, 0) is 36.8 Å². The van der Waals surface area contributed by atoms with E-state index >= 15 is 0 Å². The summed E-state index contributed by atoms with van der Waals surface area (Å²) in [6.45, 7) is 2.24. The van der Waals surface area contributed by atoms with Crippen LogP contribution in [0.2, 0.25) is 0 Å². The molecule has 9 heteroatoms. The molecule has 0 saturated heterocycles. The van der Waals surface area contributed by atoms with E-state index in [0.717, 1.165) is 15.8 Å². The second-order valence-corrected chi connectivity index (χ2v) is 7.88. The smallest absolute Gasteiger partial charge is 0.267 e. The van der Waals surface area contributed by atoms with E-state index in [2.05, 4.69) is 20.8 Å². The molecule has 0 unspecified atom stereocenters. The molecule has 2 N–H and O–H groups in total. The molecular formula is C22H18N6O2S. The fraction of sp³-hybridized carbons (Fsp3) is 0.0909. The van der Waals surface area contributed by atoms with Crippen molar-refractivity contribution in [3.05, 3.63) is 88.2 Å². The van der Waals surface area contributed by atoms with Crippen LogP contribution in [0.3, 0.4) is 0 Å². The van der Waals surface area contributed by atoms with Crippen LogP contribution in [0, 0.1) is 6.92 Å². The first-order valence-corrected chi connectivity index (χ1v) is 10.4. The first-order valence-electron chi connectivity index (χ1n) is 9.62. The van der Waals surface area contributed by atoms with Gasteiger partial charge in [-0.1, -0.05) is 29.5 Å². The zero-order chi connectivity index (χ0) is 21.2. The van der Waals surface area contributed by atoms with Gasteiger partial charge in [0.1, 0.15) is 5.65 Å². The minimum atomic E-state index is -0.195. The number of aryl methyl sites for hydroxylation is 1. The highest BCUT2D eigenvalue weighted by atomic mass is 32.1. The third-order valence-electron chi connectivity index (χ3n) is 4.76. The summed E-state index contributed by atoms with van der Waals surface area (Å²) in [6.07, 6.45) is 4.79. The SMILES string of the molecule is Cc1cccn2c(=O)c(/C=N/Nc3nc4ccccc4s3)c(CNc3ccco3)nc12. The number of aromatic nitrogens is 3. The minimum Gasteiger partial charge on any atom is -0.449 e. The predicted molar refractivity (Wildman–Crippen MR) is 123 cm³/mol. The summed E-state index contributed by atoms with van der Waals surface area (Å²) in [6, 6.07) is 15.2. The largest absolute Gasteiger partial charge is 0.449 e. The summed E-state index contributed by atoms with van der Waals surface area (Å²) < 4.78 is 7.92. The van der Waals surface area contributed by atoms with Crippen molar-refractivity contribution in [2.75, 3.05) is 10.7 Å². The van der Waals surface area contributed by atoms with Gasteiger partial charge in [-0.15, -0.1) is 0 Å². The van der Waals surface area contributed by atoms with E-state index in [4.69, 9.17) is 9.40 Å². The number of anilines is 2. The van der Waals surface area contributed by atoms with Crippen LogP contribution in [-0.2, 0) is 6.54 Å². The zero-order valence-electron chi connectivity index (χ0n) is 16.6. The Balaban J connectivity index is 1.50. The van der Waals surface area contributed by atoms with Gasteiger partial charge in [-0.25, -0.2) is 9.97 Å². The van der Waals surface area contributed by atoms with Gasteiger partial charge >= 0.3 is 0 Å². The molecule has 0 spiro atoms. The summed E-state index contributed by atoms with van der Waals surface area (Å²) >= 11 is 1.49. The summed E-state index contributed by atoms with van der Waals surface area (Å²) in [7, 11) is 0. The highest BCUT2D eigenvalue weighted by Gasteiger charge is 2.13. The number of thiazole rings is 1. The van der Waals surface area contributed by atoms with E-state index in [1.165, 1.54) is 22.0 Å². The van der Waals surface area contributed by atoms with Crippen molar-refractivity contribution in [1.82, 2.24) is 14.4 Å². The molecule has 8 nitrogen and oxygen atoms in total. The molecule has 0 atom stereocenters. The van der Waals surface area contributed by atoms with Gasteiger partial charge in [0.05, 0.1) is 40.5 Å². The lowest BCUT2D eigenvalue weighted by atomic mass is 10.2. The van der Waals surface area contributed by atoms with Crippen LogP contribution in [0.5, 0.6) is 0 Å². The average molecular weight is 430 g/mol. The second kappa shape index (κ2) is 8.04. The normalized spacial score (nSPS) is 11.5. The highest BCUT2D eigenvalue weighted by Crippen LogP contribution is 2.25. The van der Waals surface area contributed by atoms with E-state index < -0.39 is 0 Å². The van der Waals surface area contributed by atoms with Gasteiger partial charge in [-0.3, -0.25) is 14.6 Å². The van der Waals surface area contributed by atoms with E-state index in [1.807, 2.05) is 49.4 Å². The Kier molecular flexibility index (Phi) is 4.93. The molecule has 0 aliphatic heterocycles. The van der Waals surface area contributed by atoms with Crippen molar-refractivity contribution in [2.45, 2.75) is 13.5 Å². The number of furan rings is 1. The van der Waals surface area contributed by atoms with Crippen LogP contribution >= 0.6 is 11.3 Å². The maximum absolute atomic E-state index is 13.2. The number of rotatable bonds is 6. The second-order valence-electron chi connectivity index (χ2n) is 6.85. The Hall–Kier alpha value is -3.98. The first kappa shape index (κ1) is 19.0. The van der Waals surface area contributed by atoms with Gasteiger partial charge in [-0.2, -0.15) is 5.10 Å². The predicted octanol–water partition coefficient (Wildman–Crippen LogP) is 4.26. The molecule has 0 saturated carbocycles. The number of benzene rings is 1. The van der Waals surface area contributed by atoms with Crippen molar-refractivity contribution in [1.29, 1.82) is 0 Å². The molecule has 154 valence electrons. The lowest BCUT2D eigenvalue weighted by Crippen LogP contribution is -2.24. The van der Waals surface area contributed by atoms with Gasteiger partial charge in [0.15, 0.2) is 5.88 Å². The Morgan fingerprint density at radius 3 is 2.90 bits per heavy atom. The quantitative estimate of drug-likeness (QED) is 0.309. The fourth-order valence-electron chi connectivity index (χ4n) is 3.24. The molecule has 0 amide bonds. The summed E-state index contributed by atoms with van der Waals surface area (Å²) in [4.78, 5) is 22.4. The number of nitrogens with zero attached hydrogens (tertiary/aromatic N) is 4. The van der Waals surface area contributed by atoms with Crippen molar-refractivity contribution < 1.29 is 4.42 Å². The van der Waals surface area contributed by atoms with Crippen molar-refractivity contribution in [3.8, 4) is 0 Å². The van der Waals surface area contributed by atoms with E-state index in [-0.39, 0.29) is 5.56 Å². The first-order chi connectivity index (χ1) is 15.2. The molecule has 4 aromatic heterocycles. The molecule has 4 heterocycles. The molecule has 5 aromatic rings. The van der Waals surface area contributed by atoms with Crippen LogP contribution in [-0.4, -0.2) is 20.6 Å². The average Bonchev–Trinajstić information content (AvgIpc) is 3.44. The molecule has 0 bridgehead atoms. The van der Waals surface area contributed by atoms with Gasteiger partial charge < -0.3 is 9.73 Å². The fourth-order valence-corrected chi connectivity index (χ4v) is 4.06. The molecule has 5 rings (SSSR count). The number of hydrogen-bond donors (Lipinski definition) is 2. The van der Waals surface area contributed by atoms with Crippen molar-refractivity contribution >= 4 is 44.4 Å². The topological polar surface area (TPSA) is 96.8 Å². The molecule has 0 radical (unpaired) electrons. The lowest BCUT2D eigenvalue weighted by molar-refractivity contribution is 0.578. The minimum absolute atomic E-state index is 0.195. The number of nitrogens with one attached hydrogen (secondary N) is 2. The van der Waals surface area contributed by atoms with Gasteiger partial charge in [0.25, 0.3) is 5.56 Å². The number of para-hydroxylation sites is 1. The maximum Gasteiger partial charge on any atom is 0.267 e. The molecule has 0 aliphatic rings. The standard InChI is InChI=1S/C22H18N6O2S/c1-14-6-4-10-28-20(14)25-17(13-23-19-9-5-11-30-19)15(21(28)29)12-24-27-22-26-16-7-2-3-8-18(16)31-22/h2-12,23H,13H2,1H3,(H,26,27)/b24-12+. The number of pyridine rings is 1. The molecule has 1 aromatic carbocycles. The lowest BCUT2D eigenvalue weighted by Gasteiger charge is -2.10.